The van der Waals surface area contributed by atoms with Crippen LogP contribution < -0.4 is 5.32 Å². The van der Waals surface area contributed by atoms with Crippen molar-refractivity contribution in [1.29, 1.82) is 0 Å². The van der Waals surface area contributed by atoms with E-state index < -0.39 is 17.9 Å². The molecule has 1 unspecified atom stereocenters. The summed E-state index contributed by atoms with van der Waals surface area (Å²) in [6.45, 7) is 1.71. The van der Waals surface area contributed by atoms with Gasteiger partial charge < -0.3 is 10.4 Å². The Labute approximate surface area is 132 Å². The quantitative estimate of drug-likeness (QED) is 0.722. The summed E-state index contributed by atoms with van der Waals surface area (Å²) >= 11 is 0. The predicted molar refractivity (Wildman–Crippen MR) is 86.2 cm³/mol. The zero-order valence-electron chi connectivity index (χ0n) is 12.5. The highest BCUT2D eigenvalue weighted by atomic mass is 16.4. The molecule has 3 rings (SSSR count). The molecule has 0 saturated carbocycles. The van der Waals surface area contributed by atoms with Crippen LogP contribution in [0.3, 0.4) is 0 Å². The molecule has 116 valence electrons. The highest BCUT2D eigenvalue weighted by Gasteiger charge is 2.18. The van der Waals surface area contributed by atoms with E-state index in [2.05, 4.69) is 15.3 Å². The molecule has 2 N–H and O–H groups in total. The minimum Gasteiger partial charge on any atom is -0.480 e. The van der Waals surface area contributed by atoms with Crippen LogP contribution in [0.2, 0.25) is 0 Å². The van der Waals surface area contributed by atoms with Crippen LogP contribution in [0.4, 0.5) is 0 Å². The van der Waals surface area contributed by atoms with E-state index in [9.17, 15) is 9.59 Å². The molecule has 3 aromatic rings. The highest BCUT2D eigenvalue weighted by Crippen LogP contribution is 2.17. The lowest BCUT2D eigenvalue weighted by atomic mass is 10.1. The second-order valence-electron chi connectivity index (χ2n) is 5.19. The topological polar surface area (TPSA) is 92.2 Å². The van der Waals surface area contributed by atoms with Gasteiger partial charge in [0.05, 0.1) is 22.1 Å². The van der Waals surface area contributed by atoms with E-state index in [-0.39, 0.29) is 0 Å². The molecule has 0 saturated heterocycles. The number of nitrogens with one attached hydrogen (secondary N) is 1. The summed E-state index contributed by atoms with van der Waals surface area (Å²) in [6.07, 6.45) is 0.319. The van der Waals surface area contributed by atoms with Crippen molar-refractivity contribution < 1.29 is 14.7 Å². The number of hydrogen-bond acceptors (Lipinski definition) is 4. The Kier molecular flexibility index (Phi) is 3.89. The Bertz CT molecular complexity index is 908. The van der Waals surface area contributed by atoms with Gasteiger partial charge in [-0.3, -0.25) is 4.79 Å². The van der Waals surface area contributed by atoms with E-state index >= 15 is 0 Å². The largest absolute Gasteiger partial charge is 0.480 e. The number of para-hydroxylation sites is 2. The Hall–Kier alpha value is -3.02. The Morgan fingerprint density at radius 2 is 1.65 bits per heavy atom. The number of benzene rings is 2. The van der Waals surface area contributed by atoms with Crippen molar-refractivity contribution in [2.75, 3.05) is 0 Å². The lowest BCUT2D eigenvalue weighted by Gasteiger charge is -2.12. The number of aromatic nitrogens is 2. The summed E-state index contributed by atoms with van der Waals surface area (Å²) in [5.41, 5.74) is 3.18. The highest BCUT2D eigenvalue weighted by molar-refractivity contribution is 5.99. The third-order valence-electron chi connectivity index (χ3n) is 3.61. The molecule has 0 radical (unpaired) electrons. The summed E-state index contributed by atoms with van der Waals surface area (Å²) in [5, 5.41) is 11.5. The van der Waals surface area contributed by atoms with Gasteiger partial charge in [0, 0.05) is 5.56 Å². The molecule has 0 bridgehead atoms. The maximum Gasteiger partial charge on any atom is 0.326 e. The number of carbonyl (C=O) groups is 2. The maximum absolute atomic E-state index is 12.2. The van der Waals surface area contributed by atoms with Crippen LogP contribution in [0.15, 0.2) is 42.5 Å². The molecule has 1 atom stereocenters. The number of rotatable bonds is 4. The molecule has 1 heterocycles. The summed E-state index contributed by atoms with van der Waals surface area (Å²) in [7, 11) is 0. The lowest BCUT2D eigenvalue weighted by molar-refractivity contribution is -0.139. The molecule has 0 aliphatic rings. The monoisotopic (exact) mass is 309 g/mol. The van der Waals surface area contributed by atoms with Gasteiger partial charge in [0.15, 0.2) is 0 Å². The van der Waals surface area contributed by atoms with Crippen LogP contribution in [-0.4, -0.2) is 33.0 Å². The van der Waals surface area contributed by atoms with E-state index in [0.29, 0.717) is 23.0 Å². The van der Waals surface area contributed by atoms with Gasteiger partial charge in [-0.05, 0) is 36.8 Å². The summed E-state index contributed by atoms with van der Waals surface area (Å²) < 4.78 is 0. The van der Waals surface area contributed by atoms with Crippen molar-refractivity contribution in [3.05, 3.63) is 48.0 Å². The van der Waals surface area contributed by atoms with Crippen molar-refractivity contribution in [3.63, 3.8) is 0 Å². The number of carbonyl (C=O) groups excluding carboxylic acids is 1. The normalized spacial score (nSPS) is 12.2. The van der Waals surface area contributed by atoms with Crippen LogP contribution in [0.5, 0.6) is 0 Å². The molecule has 0 aliphatic carbocycles. The predicted octanol–water partition coefficient (Wildman–Crippen LogP) is 2.38. The molecule has 0 fully saturated rings. The smallest absolute Gasteiger partial charge is 0.326 e. The number of nitrogens with zero attached hydrogens (tertiary/aromatic N) is 2. The second-order valence-corrected chi connectivity index (χ2v) is 5.19. The maximum atomic E-state index is 12.2. The average molecular weight is 309 g/mol. The average Bonchev–Trinajstić information content (AvgIpc) is 2.56. The van der Waals surface area contributed by atoms with E-state index in [1.807, 2.05) is 24.3 Å². The SMILES string of the molecule is CCC(NC(=O)c1ccc2nc3ccccc3nc2c1)C(=O)O. The van der Waals surface area contributed by atoms with Crippen molar-refractivity contribution in [3.8, 4) is 0 Å². The third kappa shape index (κ3) is 2.96. The van der Waals surface area contributed by atoms with E-state index in [0.717, 1.165) is 11.0 Å². The van der Waals surface area contributed by atoms with Crippen LogP contribution in [0.25, 0.3) is 22.1 Å². The van der Waals surface area contributed by atoms with Crippen molar-refractivity contribution >= 4 is 33.9 Å². The fourth-order valence-electron chi connectivity index (χ4n) is 2.34. The molecule has 1 aromatic heterocycles. The van der Waals surface area contributed by atoms with Gasteiger partial charge in [-0.1, -0.05) is 19.1 Å². The molecule has 0 aliphatic heterocycles. The van der Waals surface area contributed by atoms with Gasteiger partial charge >= 0.3 is 5.97 Å². The van der Waals surface area contributed by atoms with Crippen LogP contribution >= 0.6 is 0 Å². The van der Waals surface area contributed by atoms with Crippen LogP contribution in [0.1, 0.15) is 23.7 Å². The summed E-state index contributed by atoms with van der Waals surface area (Å²) in [4.78, 5) is 32.2. The van der Waals surface area contributed by atoms with Crippen LogP contribution in [0, 0.1) is 0 Å². The zero-order chi connectivity index (χ0) is 16.4. The Morgan fingerprint density at radius 1 is 1.04 bits per heavy atom. The van der Waals surface area contributed by atoms with Gasteiger partial charge in [0.25, 0.3) is 5.91 Å². The molecule has 0 spiro atoms. The van der Waals surface area contributed by atoms with Crippen molar-refractivity contribution in [1.82, 2.24) is 15.3 Å². The molecule has 2 aromatic carbocycles. The number of hydrogen-bond donors (Lipinski definition) is 2. The number of amides is 1. The Balaban J connectivity index is 1.97. The first kappa shape index (κ1) is 14.9. The van der Waals surface area contributed by atoms with Crippen molar-refractivity contribution in [2.24, 2.45) is 0 Å². The lowest BCUT2D eigenvalue weighted by Crippen LogP contribution is -2.40. The zero-order valence-corrected chi connectivity index (χ0v) is 12.5. The van der Waals surface area contributed by atoms with Gasteiger partial charge in [-0.25, -0.2) is 14.8 Å². The number of aliphatic carboxylic acids is 1. The molecule has 1 amide bonds. The second kappa shape index (κ2) is 6.00. The number of carboxylic acids is 1. The van der Waals surface area contributed by atoms with Gasteiger partial charge in [0.2, 0.25) is 0 Å². The molecule has 6 nitrogen and oxygen atoms in total. The summed E-state index contributed by atoms with van der Waals surface area (Å²) in [5.74, 6) is -1.48. The van der Waals surface area contributed by atoms with E-state index in [1.54, 1.807) is 25.1 Å². The van der Waals surface area contributed by atoms with Gasteiger partial charge in [-0.15, -0.1) is 0 Å². The first-order valence-electron chi connectivity index (χ1n) is 7.28. The first-order valence-corrected chi connectivity index (χ1v) is 7.28. The molecular formula is C17H15N3O3. The van der Waals surface area contributed by atoms with E-state index in [1.165, 1.54) is 0 Å². The molecule has 23 heavy (non-hydrogen) atoms. The van der Waals surface area contributed by atoms with Crippen LogP contribution in [-0.2, 0) is 4.79 Å². The number of carboxylic acid groups (broad SMARTS) is 1. The van der Waals surface area contributed by atoms with Gasteiger partial charge in [0.1, 0.15) is 6.04 Å². The molecule has 6 heteroatoms. The fraction of sp³-hybridized carbons (Fsp3) is 0.176. The standard InChI is InChI=1S/C17H15N3O3/c1-2-11(17(22)23)20-16(21)10-7-8-14-15(9-10)19-13-6-4-3-5-12(13)18-14/h3-9,11H,2H2,1H3,(H,20,21)(H,22,23). The minimum atomic E-state index is -1.05. The third-order valence-corrected chi connectivity index (χ3v) is 3.61. The summed E-state index contributed by atoms with van der Waals surface area (Å²) in [6, 6.07) is 11.5. The fourth-order valence-corrected chi connectivity index (χ4v) is 2.34. The van der Waals surface area contributed by atoms with E-state index in [4.69, 9.17) is 5.11 Å². The molecular weight excluding hydrogens is 294 g/mol. The van der Waals surface area contributed by atoms with Crippen molar-refractivity contribution in [2.45, 2.75) is 19.4 Å². The first-order chi connectivity index (χ1) is 11.1. The minimum absolute atomic E-state index is 0.319. The van der Waals surface area contributed by atoms with Gasteiger partial charge in [-0.2, -0.15) is 0 Å². The Morgan fingerprint density at radius 3 is 2.26 bits per heavy atom. The number of fused-ring (bicyclic) bond motifs is 2.